The van der Waals surface area contributed by atoms with Crippen LogP contribution in [0.1, 0.15) is 0 Å². The van der Waals surface area contributed by atoms with Crippen LogP contribution in [0.5, 0.6) is 5.75 Å². The summed E-state index contributed by atoms with van der Waals surface area (Å²) < 4.78 is 6.28. The fourth-order valence-corrected chi connectivity index (χ4v) is 2.21. The molecular weight excluding hydrogens is 326 g/mol. The number of anilines is 1. The van der Waals surface area contributed by atoms with Crippen molar-refractivity contribution in [1.29, 1.82) is 0 Å². The topological polar surface area (TPSA) is 29.5 Å². The van der Waals surface area contributed by atoms with E-state index in [0.717, 1.165) is 21.2 Å². The fraction of sp³-hybridized carbons (Fsp3) is 0.300. The van der Waals surface area contributed by atoms with Gasteiger partial charge in [-0.3, -0.25) is 4.79 Å². The highest BCUT2D eigenvalue weighted by Gasteiger charge is 2.24. The number of amides is 1. The molecule has 15 heavy (non-hydrogen) atoms. The third-order valence-electron chi connectivity index (χ3n) is 2.17. The van der Waals surface area contributed by atoms with Crippen LogP contribution in [0.25, 0.3) is 0 Å². The van der Waals surface area contributed by atoms with Crippen LogP contribution in [0.3, 0.4) is 0 Å². The van der Waals surface area contributed by atoms with Crippen LogP contribution in [-0.2, 0) is 4.79 Å². The fourth-order valence-electron chi connectivity index (χ4n) is 1.50. The van der Waals surface area contributed by atoms with E-state index in [9.17, 15) is 4.79 Å². The van der Waals surface area contributed by atoms with E-state index in [2.05, 4.69) is 31.9 Å². The molecule has 0 aromatic heterocycles. The summed E-state index contributed by atoms with van der Waals surface area (Å²) in [6, 6.07) is 5.67. The summed E-state index contributed by atoms with van der Waals surface area (Å²) >= 11 is 6.72. The Morgan fingerprint density at radius 3 is 3.00 bits per heavy atom. The molecule has 3 nitrogen and oxygen atoms in total. The molecule has 5 heteroatoms. The Bertz CT molecular complexity index is 395. The van der Waals surface area contributed by atoms with E-state index < -0.39 is 0 Å². The van der Waals surface area contributed by atoms with Gasteiger partial charge in [0.05, 0.1) is 5.69 Å². The number of benzene rings is 1. The first-order valence-electron chi connectivity index (χ1n) is 4.51. The van der Waals surface area contributed by atoms with Crippen molar-refractivity contribution in [1.82, 2.24) is 0 Å². The van der Waals surface area contributed by atoms with Crippen molar-refractivity contribution in [3.05, 3.63) is 22.7 Å². The Morgan fingerprint density at radius 2 is 2.27 bits per heavy atom. The molecule has 1 aromatic rings. The third kappa shape index (κ3) is 2.18. The molecule has 0 fully saturated rings. The van der Waals surface area contributed by atoms with Gasteiger partial charge < -0.3 is 9.64 Å². The number of nitrogens with zero attached hydrogens (tertiary/aromatic N) is 1. The first-order valence-corrected chi connectivity index (χ1v) is 6.42. The molecule has 0 saturated carbocycles. The van der Waals surface area contributed by atoms with E-state index >= 15 is 0 Å². The zero-order valence-electron chi connectivity index (χ0n) is 7.87. The van der Waals surface area contributed by atoms with Crippen molar-refractivity contribution in [2.75, 3.05) is 23.4 Å². The number of rotatable bonds is 2. The minimum absolute atomic E-state index is 0.0000463. The standard InChI is InChI=1S/C10H9Br2NO2/c11-3-4-13-8-5-7(12)1-2-9(8)15-6-10(13)14/h1-2,5H,3-4,6H2. The second-order valence-electron chi connectivity index (χ2n) is 3.14. The first kappa shape index (κ1) is 11.0. The van der Waals surface area contributed by atoms with E-state index in [1.807, 2.05) is 18.2 Å². The zero-order valence-corrected chi connectivity index (χ0v) is 11.0. The highest BCUT2D eigenvalue weighted by Crippen LogP contribution is 2.34. The number of carbonyl (C=O) groups excluding carboxylic acids is 1. The van der Waals surface area contributed by atoms with E-state index in [4.69, 9.17) is 4.74 Å². The van der Waals surface area contributed by atoms with Gasteiger partial charge in [0.1, 0.15) is 5.75 Å². The van der Waals surface area contributed by atoms with E-state index in [-0.39, 0.29) is 12.5 Å². The van der Waals surface area contributed by atoms with Gasteiger partial charge in [0, 0.05) is 16.3 Å². The predicted molar refractivity (Wildman–Crippen MR) is 65.8 cm³/mol. The van der Waals surface area contributed by atoms with Gasteiger partial charge in [-0.1, -0.05) is 31.9 Å². The van der Waals surface area contributed by atoms with Crippen molar-refractivity contribution in [3.63, 3.8) is 0 Å². The molecule has 0 N–H and O–H groups in total. The number of hydrogen-bond donors (Lipinski definition) is 0. The molecule has 1 aliphatic heterocycles. The lowest BCUT2D eigenvalue weighted by atomic mass is 10.2. The van der Waals surface area contributed by atoms with Gasteiger partial charge in [-0.15, -0.1) is 0 Å². The van der Waals surface area contributed by atoms with Gasteiger partial charge in [-0.2, -0.15) is 0 Å². The molecule has 0 saturated heterocycles. The van der Waals surface area contributed by atoms with Crippen LogP contribution >= 0.6 is 31.9 Å². The van der Waals surface area contributed by atoms with E-state index in [0.29, 0.717) is 6.54 Å². The molecule has 1 aromatic carbocycles. The highest BCUT2D eigenvalue weighted by molar-refractivity contribution is 9.10. The minimum atomic E-state index is 0.0000463. The van der Waals surface area contributed by atoms with Crippen LogP contribution in [0.15, 0.2) is 22.7 Å². The Balaban J connectivity index is 2.41. The Morgan fingerprint density at radius 1 is 1.47 bits per heavy atom. The SMILES string of the molecule is O=C1COc2ccc(Br)cc2N1CCBr. The maximum atomic E-state index is 11.6. The van der Waals surface area contributed by atoms with Gasteiger partial charge in [0.15, 0.2) is 6.61 Å². The van der Waals surface area contributed by atoms with Crippen LogP contribution in [0, 0.1) is 0 Å². The summed E-state index contributed by atoms with van der Waals surface area (Å²) in [7, 11) is 0. The smallest absolute Gasteiger partial charge is 0.265 e. The zero-order chi connectivity index (χ0) is 10.8. The Labute approximate surface area is 105 Å². The number of halogens is 2. The molecule has 0 unspecified atom stereocenters. The van der Waals surface area contributed by atoms with Crippen LogP contribution in [0.2, 0.25) is 0 Å². The van der Waals surface area contributed by atoms with E-state index in [1.165, 1.54) is 0 Å². The summed E-state index contributed by atoms with van der Waals surface area (Å²) in [6.07, 6.45) is 0. The summed E-state index contributed by atoms with van der Waals surface area (Å²) in [5, 5.41) is 0.755. The largest absolute Gasteiger partial charge is 0.482 e. The molecule has 1 heterocycles. The predicted octanol–water partition coefficient (Wildman–Crippen LogP) is 2.57. The average molecular weight is 335 g/mol. The molecule has 1 amide bonds. The molecule has 0 aliphatic carbocycles. The van der Waals surface area contributed by atoms with Crippen LogP contribution < -0.4 is 9.64 Å². The summed E-state index contributed by atoms with van der Waals surface area (Å²) in [5.41, 5.74) is 0.833. The lowest BCUT2D eigenvalue weighted by Crippen LogP contribution is -2.39. The monoisotopic (exact) mass is 333 g/mol. The lowest BCUT2D eigenvalue weighted by Gasteiger charge is -2.28. The minimum Gasteiger partial charge on any atom is -0.482 e. The van der Waals surface area contributed by atoms with Gasteiger partial charge in [-0.25, -0.2) is 0 Å². The maximum Gasteiger partial charge on any atom is 0.265 e. The number of carbonyl (C=O) groups is 1. The second kappa shape index (κ2) is 4.53. The molecular formula is C10H9Br2NO2. The van der Waals surface area contributed by atoms with Gasteiger partial charge in [0.2, 0.25) is 0 Å². The van der Waals surface area contributed by atoms with Crippen molar-refractivity contribution in [3.8, 4) is 5.75 Å². The molecule has 2 rings (SSSR count). The number of fused-ring (bicyclic) bond motifs is 1. The third-order valence-corrected chi connectivity index (χ3v) is 3.02. The summed E-state index contributed by atoms with van der Waals surface area (Å²) in [5.74, 6) is 0.763. The van der Waals surface area contributed by atoms with Crippen molar-refractivity contribution in [2.45, 2.75) is 0 Å². The second-order valence-corrected chi connectivity index (χ2v) is 4.84. The lowest BCUT2D eigenvalue weighted by molar-refractivity contribution is -0.121. The van der Waals surface area contributed by atoms with Crippen LogP contribution in [0.4, 0.5) is 5.69 Å². The maximum absolute atomic E-state index is 11.6. The van der Waals surface area contributed by atoms with Crippen molar-refractivity contribution in [2.24, 2.45) is 0 Å². The van der Waals surface area contributed by atoms with Gasteiger partial charge >= 0.3 is 0 Å². The Kier molecular flexibility index (Phi) is 3.31. The number of alkyl halides is 1. The molecule has 0 atom stereocenters. The Hall–Kier alpha value is -0.550. The summed E-state index contributed by atoms with van der Waals surface area (Å²) in [6.45, 7) is 0.785. The summed E-state index contributed by atoms with van der Waals surface area (Å²) in [4.78, 5) is 13.4. The number of hydrogen-bond acceptors (Lipinski definition) is 2. The van der Waals surface area contributed by atoms with Crippen molar-refractivity contribution < 1.29 is 9.53 Å². The van der Waals surface area contributed by atoms with Gasteiger partial charge in [0.25, 0.3) is 5.91 Å². The first-order chi connectivity index (χ1) is 7.22. The van der Waals surface area contributed by atoms with Gasteiger partial charge in [-0.05, 0) is 18.2 Å². The molecule has 0 spiro atoms. The van der Waals surface area contributed by atoms with E-state index in [1.54, 1.807) is 4.90 Å². The van der Waals surface area contributed by atoms with Crippen molar-refractivity contribution >= 4 is 43.5 Å². The molecule has 80 valence electrons. The molecule has 0 bridgehead atoms. The normalized spacial score (nSPS) is 14.8. The highest BCUT2D eigenvalue weighted by atomic mass is 79.9. The quantitative estimate of drug-likeness (QED) is 0.778. The number of ether oxygens (including phenoxy) is 1. The molecule has 0 radical (unpaired) electrons. The average Bonchev–Trinajstić information content (AvgIpc) is 2.23. The van der Waals surface area contributed by atoms with Crippen LogP contribution in [-0.4, -0.2) is 24.4 Å². The molecule has 1 aliphatic rings.